The van der Waals surface area contributed by atoms with Crippen LogP contribution in [-0.2, 0) is 26.5 Å². The zero-order chi connectivity index (χ0) is 33.3. The van der Waals surface area contributed by atoms with Crippen molar-refractivity contribution in [1.29, 1.82) is 0 Å². The standard InChI is InChI=1S/C45H52O/c1-42(2,3)29-19-27(20-30(23-29)43(4,5)6)36-39-33-17-15-25-13-14-26-16-18-34(38(33)35(25)26)40(39)37(41(36)46)28-21-31(44(7,8)9)24-32(22-28)45(10,11)12/h15-24,35,38H,13-14H2,1-12H3. The van der Waals surface area contributed by atoms with Crippen LogP contribution in [0, 0.1) is 11.8 Å². The van der Waals surface area contributed by atoms with Gasteiger partial charge in [0.05, 0.1) is 0 Å². The highest BCUT2D eigenvalue weighted by molar-refractivity contribution is 6.48. The molecular weight excluding hydrogens is 556 g/mol. The molecule has 0 bridgehead atoms. The number of carbonyl (C=O) groups excluding carboxylic acids is 1. The molecule has 7 rings (SSSR count). The minimum atomic E-state index is -0.0404. The van der Waals surface area contributed by atoms with E-state index in [0.29, 0.717) is 11.8 Å². The molecule has 0 saturated heterocycles. The molecule has 0 amide bonds. The summed E-state index contributed by atoms with van der Waals surface area (Å²) in [6.07, 6.45) is 11.8. The molecule has 0 radical (unpaired) electrons. The van der Waals surface area contributed by atoms with Gasteiger partial charge in [-0.3, -0.25) is 4.79 Å². The molecule has 0 N–H and O–H groups in total. The fourth-order valence-electron chi connectivity index (χ4n) is 8.25. The maximum absolute atomic E-state index is 15.3. The van der Waals surface area contributed by atoms with Gasteiger partial charge < -0.3 is 0 Å². The lowest BCUT2D eigenvalue weighted by Gasteiger charge is -2.31. The topological polar surface area (TPSA) is 17.1 Å². The normalized spacial score (nSPS) is 22.6. The summed E-state index contributed by atoms with van der Waals surface area (Å²) in [4.78, 5) is 15.3. The Morgan fingerprint density at radius 3 is 1.07 bits per heavy atom. The number of Topliss-reactive ketones (excluding diaryl/α,β-unsaturated/α-hetero) is 1. The van der Waals surface area contributed by atoms with Crippen molar-refractivity contribution in [1.82, 2.24) is 0 Å². The van der Waals surface area contributed by atoms with Crippen molar-refractivity contribution in [3.63, 3.8) is 0 Å². The molecule has 0 atom stereocenters. The van der Waals surface area contributed by atoms with Crippen LogP contribution in [0.2, 0.25) is 0 Å². The number of ketones is 1. The molecule has 2 aromatic carbocycles. The van der Waals surface area contributed by atoms with Crippen molar-refractivity contribution in [2.24, 2.45) is 11.8 Å². The predicted octanol–water partition coefficient (Wildman–Crippen LogP) is 11.4. The van der Waals surface area contributed by atoms with Gasteiger partial charge in [-0.05, 0) is 90.2 Å². The number of fused-ring (bicyclic) bond motifs is 3. The van der Waals surface area contributed by atoms with Crippen molar-refractivity contribution in [3.8, 4) is 0 Å². The highest BCUT2D eigenvalue weighted by atomic mass is 16.1. The van der Waals surface area contributed by atoms with Crippen LogP contribution in [0.5, 0.6) is 0 Å². The number of hydrogen-bond donors (Lipinski definition) is 0. The van der Waals surface area contributed by atoms with E-state index in [-0.39, 0.29) is 27.4 Å². The lowest BCUT2D eigenvalue weighted by Crippen LogP contribution is -2.21. The van der Waals surface area contributed by atoms with E-state index in [1.165, 1.54) is 44.5 Å². The fourth-order valence-corrected chi connectivity index (χ4v) is 8.25. The molecule has 2 saturated carbocycles. The van der Waals surface area contributed by atoms with Crippen LogP contribution in [-0.4, -0.2) is 5.78 Å². The van der Waals surface area contributed by atoms with Gasteiger partial charge in [0, 0.05) is 23.0 Å². The van der Waals surface area contributed by atoms with Crippen LogP contribution < -0.4 is 0 Å². The van der Waals surface area contributed by atoms with E-state index >= 15 is 4.79 Å². The van der Waals surface area contributed by atoms with E-state index in [0.717, 1.165) is 35.1 Å². The molecule has 0 aromatic heterocycles. The van der Waals surface area contributed by atoms with Gasteiger partial charge in [0.15, 0.2) is 5.78 Å². The molecule has 2 fully saturated rings. The third-order valence-electron chi connectivity index (χ3n) is 11.1. The number of allylic oxidation sites excluding steroid dienone is 12. The SMILES string of the molecule is CC(C)(C)c1cc(C2=C3C4=CC=C5CCC6=CC=C(C3=C(c3cc(C(C)(C)C)cc(C(C)(C)C)c3)C2=O)C4C56)cc(C(C)(C)C)c1. The lowest BCUT2D eigenvalue weighted by molar-refractivity contribution is -0.108. The number of rotatable bonds is 2. The summed E-state index contributed by atoms with van der Waals surface area (Å²) in [5.74, 6) is 0.935. The van der Waals surface area contributed by atoms with Crippen LogP contribution in [0.15, 0.2) is 94.1 Å². The average Bonchev–Trinajstić information content (AvgIpc) is 3.59. The number of carbonyl (C=O) groups is 1. The molecule has 46 heavy (non-hydrogen) atoms. The van der Waals surface area contributed by atoms with Gasteiger partial charge in [-0.1, -0.05) is 155 Å². The molecule has 2 aromatic rings. The van der Waals surface area contributed by atoms with E-state index in [2.05, 4.69) is 144 Å². The van der Waals surface area contributed by atoms with Crippen molar-refractivity contribution in [3.05, 3.63) is 128 Å². The first-order valence-electron chi connectivity index (χ1n) is 17.4. The summed E-state index contributed by atoms with van der Waals surface area (Å²) in [5.41, 5.74) is 17.1. The van der Waals surface area contributed by atoms with Gasteiger partial charge in [0.25, 0.3) is 0 Å². The van der Waals surface area contributed by atoms with Crippen LogP contribution in [0.4, 0.5) is 0 Å². The maximum Gasteiger partial charge on any atom is 0.195 e. The summed E-state index contributed by atoms with van der Waals surface area (Å²) < 4.78 is 0. The highest BCUT2D eigenvalue weighted by Gasteiger charge is 2.52. The molecule has 0 spiro atoms. The van der Waals surface area contributed by atoms with Gasteiger partial charge in [-0.15, -0.1) is 0 Å². The average molecular weight is 609 g/mol. The summed E-state index contributed by atoms with van der Waals surface area (Å²) in [7, 11) is 0. The molecule has 0 unspecified atom stereocenters. The second-order valence-corrected chi connectivity index (χ2v) is 18.6. The van der Waals surface area contributed by atoms with Crippen LogP contribution in [0.1, 0.15) is 129 Å². The van der Waals surface area contributed by atoms with Gasteiger partial charge in [-0.25, -0.2) is 0 Å². The third kappa shape index (κ3) is 4.75. The Hall–Kier alpha value is -3.45. The predicted molar refractivity (Wildman–Crippen MR) is 195 cm³/mol. The number of hydrogen-bond acceptors (Lipinski definition) is 1. The van der Waals surface area contributed by atoms with E-state index in [9.17, 15) is 0 Å². The first-order valence-corrected chi connectivity index (χ1v) is 17.4. The minimum Gasteiger partial charge on any atom is -0.289 e. The smallest absolute Gasteiger partial charge is 0.195 e. The molecule has 0 heterocycles. The van der Waals surface area contributed by atoms with Crippen molar-refractivity contribution in [2.45, 2.75) is 118 Å². The molecule has 5 aliphatic rings. The number of benzene rings is 2. The molecule has 5 aliphatic carbocycles. The van der Waals surface area contributed by atoms with Crippen LogP contribution in [0.25, 0.3) is 11.1 Å². The first kappa shape index (κ1) is 31.2. The van der Waals surface area contributed by atoms with Gasteiger partial charge in [-0.2, -0.15) is 0 Å². The zero-order valence-corrected chi connectivity index (χ0v) is 30.3. The summed E-state index contributed by atoms with van der Waals surface area (Å²) in [5, 5.41) is 0. The summed E-state index contributed by atoms with van der Waals surface area (Å²) in [6, 6.07) is 14.0. The maximum atomic E-state index is 15.3. The molecule has 238 valence electrons. The van der Waals surface area contributed by atoms with Gasteiger partial charge in [0.1, 0.15) is 0 Å². The van der Waals surface area contributed by atoms with Gasteiger partial charge >= 0.3 is 0 Å². The lowest BCUT2D eigenvalue weighted by atomic mass is 9.72. The summed E-state index contributed by atoms with van der Waals surface area (Å²) >= 11 is 0. The van der Waals surface area contributed by atoms with Crippen LogP contribution >= 0.6 is 0 Å². The Labute approximate surface area is 278 Å². The minimum absolute atomic E-state index is 0.0404. The Balaban J connectivity index is 1.56. The Morgan fingerprint density at radius 2 is 0.761 bits per heavy atom. The second-order valence-electron chi connectivity index (χ2n) is 18.6. The second kappa shape index (κ2) is 9.79. The monoisotopic (exact) mass is 608 g/mol. The Bertz CT molecular complexity index is 1710. The Kier molecular flexibility index (Phi) is 6.63. The summed E-state index contributed by atoms with van der Waals surface area (Å²) in [6.45, 7) is 27.4. The molecular formula is C45H52O. The molecule has 1 heteroatoms. The van der Waals surface area contributed by atoms with Crippen LogP contribution in [0.3, 0.4) is 0 Å². The third-order valence-corrected chi connectivity index (χ3v) is 11.1. The van der Waals surface area contributed by atoms with Crippen molar-refractivity contribution < 1.29 is 4.79 Å². The highest BCUT2D eigenvalue weighted by Crippen LogP contribution is 2.63. The van der Waals surface area contributed by atoms with E-state index in [1.807, 2.05) is 0 Å². The van der Waals surface area contributed by atoms with Crippen molar-refractivity contribution in [2.75, 3.05) is 0 Å². The molecule has 0 aliphatic heterocycles. The first-order chi connectivity index (χ1) is 21.2. The van der Waals surface area contributed by atoms with E-state index in [1.54, 1.807) is 11.1 Å². The quantitative estimate of drug-likeness (QED) is 0.331. The largest absolute Gasteiger partial charge is 0.289 e. The van der Waals surface area contributed by atoms with Gasteiger partial charge in [0.2, 0.25) is 0 Å². The fraction of sp³-hybridized carbons (Fsp3) is 0.444. The van der Waals surface area contributed by atoms with E-state index in [4.69, 9.17) is 0 Å². The molecule has 1 nitrogen and oxygen atoms in total. The van der Waals surface area contributed by atoms with Crippen molar-refractivity contribution >= 4 is 16.9 Å². The Morgan fingerprint density at radius 1 is 0.435 bits per heavy atom. The van der Waals surface area contributed by atoms with E-state index < -0.39 is 0 Å². The zero-order valence-electron chi connectivity index (χ0n) is 30.3.